The second kappa shape index (κ2) is 8.38. The largest absolute Gasteiger partial charge is 0.447 e. The number of carbonyl (C=O) groups excluding carboxylic acids is 1. The van der Waals surface area contributed by atoms with Crippen molar-refractivity contribution < 1.29 is 9.53 Å². The van der Waals surface area contributed by atoms with Gasteiger partial charge in [-0.3, -0.25) is 4.99 Å². The lowest BCUT2D eigenvalue weighted by molar-refractivity contribution is 0.109. The quantitative estimate of drug-likeness (QED) is 0.826. The van der Waals surface area contributed by atoms with Crippen LogP contribution in [0.1, 0.15) is 53.4 Å². The number of nitrogens with zero attached hydrogens (tertiary/aromatic N) is 1. The summed E-state index contributed by atoms with van der Waals surface area (Å²) in [6, 6.07) is 0.749. The number of amides is 1. The highest BCUT2D eigenvalue weighted by atomic mass is 32.2. The predicted molar refractivity (Wildman–Crippen MR) is 97.0 cm³/mol. The zero-order valence-corrected chi connectivity index (χ0v) is 15.6. The summed E-state index contributed by atoms with van der Waals surface area (Å²) in [4.78, 5) is 16.6. The molecule has 1 fully saturated rings. The highest BCUT2D eigenvalue weighted by molar-refractivity contribution is 8.14. The fourth-order valence-corrected chi connectivity index (χ4v) is 4.55. The van der Waals surface area contributed by atoms with Crippen LogP contribution in [-0.2, 0) is 4.74 Å². The van der Waals surface area contributed by atoms with Gasteiger partial charge in [-0.15, -0.1) is 11.8 Å². The number of aliphatic imine (C=N–C) groups is 1. The first-order valence-corrected chi connectivity index (χ1v) is 9.78. The van der Waals surface area contributed by atoms with Gasteiger partial charge in [0.15, 0.2) is 0 Å². The second-order valence-electron chi connectivity index (χ2n) is 7.19. The van der Waals surface area contributed by atoms with Crippen LogP contribution in [0.3, 0.4) is 0 Å². The third-order valence-corrected chi connectivity index (χ3v) is 6.22. The van der Waals surface area contributed by atoms with E-state index in [2.05, 4.69) is 19.2 Å². The van der Waals surface area contributed by atoms with Gasteiger partial charge in [0, 0.05) is 23.8 Å². The van der Waals surface area contributed by atoms with Crippen LogP contribution in [0.5, 0.6) is 0 Å². The fourth-order valence-electron chi connectivity index (χ4n) is 3.17. The number of ether oxygens (including phenoxy) is 1. The highest BCUT2D eigenvalue weighted by Crippen LogP contribution is 2.33. The number of thioether (sulfide) groups is 1. The minimum absolute atomic E-state index is 0.0734. The Morgan fingerprint density at radius 1 is 1.30 bits per heavy atom. The molecule has 0 radical (unpaired) electrons. The van der Waals surface area contributed by atoms with Gasteiger partial charge in [-0.2, -0.15) is 0 Å². The molecule has 1 unspecified atom stereocenters. The van der Waals surface area contributed by atoms with Crippen molar-refractivity contribution in [2.75, 3.05) is 5.75 Å². The molecule has 0 bridgehead atoms. The van der Waals surface area contributed by atoms with Gasteiger partial charge in [0.05, 0.1) is 17.2 Å². The smallest absolute Gasteiger partial charge is 0.407 e. The molecule has 1 aliphatic heterocycles. The number of nitrogens with one attached hydrogen (secondary N) is 1. The Balaban J connectivity index is 1.84. The second-order valence-corrected chi connectivity index (χ2v) is 8.23. The Kier molecular flexibility index (Phi) is 6.77. The van der Waals surface area contributed by atoms with E-state index in [4.69, 9.17) is 15.5 Å². The van der Waals surface area contributed by atoms with E-state index in [-0.39, 0.29) is 24.3 Å². The Morgan fingerprint density at radius 2 is 1.96 bits per heavy atom. The molecular formula is C17H31N3O2S. The first-order valence-electron chi connectivity index (χ1n) is 8.80. The molecule has 3 atom stereocenters. The molecule has 1 saturated carbocycles. The third-order valence-electron chi connectivity index (χ3n) is 4.93. The summed E-state index contributed by atoms with van der Waals surface area (Å²) in [5, 5.41) is 4.26. The van der Waals surface area contributed by atoms with Crippen LogP contribution in [0, 0.1) is 11.8 Å². The zero-order chi connectivity index (χ0) is 17.0. The first-order chi connectivity index (χ1) is 10.9. The van der Waals surface area contributed by atoms with Crippen LogP contribution in [0.2, 0.25) is 0 Å². The molecule has 5 nitrogen and oxygen atoms in total. The first kappa shape index (κ1) is 18.6. The number of hydrogen-bond donors (Lipinski definition) is 2. The molecule has 6 heteroatoms. The number of hydrogen-bond acceptors (Lipinski definition) is 5. The summed E-state index contributed by atoms with van der Waals surface area (Å²) in [5.41, 5.74) is 6.22. The molecule has 0 aromatic rings. The van der Waals surface area contributed by atoms with E-state index in [1.54, 1.807) is 0 Å². The maximum atomic E-state index is 11.7. The number of rotatable bonds is 3. The molecule has 132 valence electrons. The molecule has 3 N–H and O–H groups in total. The van der Waals surface area contributed by atoms with E-state index in [1.807, 2.05) is 25.6 Å². The maximum Gasteiger partial charge on any atom is 0.407 e. The van der Waals surface area contributed by atoms with Gasteiger partial charge >= 0.3 is 6.09 Å². The Morgan fingerprint density at radius 3 is 2.57 bits per heavy atom. The highest BCUT2D eigenvalue weighted by Gasteiger charge is 2.30. The zero-order valence-electron chi connectivity index (χ0n) is 14.7. The lowest BCUT2D eigenvalue weighted by Gasteiger charge is -2.29. The Bertz CT molecular complexity index is 434. The minimum Gasteiger partial charge on any atom is -0.447 e. The molecular weight excluding hydrogens is 310 g/mol. The van der Waals surface area contributed by atoms with Crippen LogP contribution in [0.25, 0.3) is 0 Å². The normalized spacial score (nSPS) is 35.4. The molecule has 0 aromatic carbocycles. The van der Waals surface area contributed by atoms with E-state index < -0.39 is 0 Å². The molecule has 2 aliphatic rings. The lowest BCUT2D eigenvalue weighted by atomic mass is 9.86. The van der Waals surface area contributed by atoms with Gasteiger partial charge < -0.3 is 15.8 Å². The number of nitrogens with two attached hydrogens (primary N) is 1. The van der Waals surface area contributed by atoms with Gasteiger partial charge in [-0.25, -0.2) is 4.79 Å². The average Bonchev–Trinajstić information content (AvgIpc) is 2.61. The van der Waals surface area contributed by atoms with Crippen molar-refractivity contribution in [1.29, 1.82) is 0 Å². The van der Waals surface area contributed by atoms with Crippen LogP contribution >= 0.6 is 11.8 Å². The monoisotopic (exact) mass is 341 g/mol. The standard InChI is InChI=1S/C17H31N3O2S/c1-10(2)22-17(21)20-14-7-5-13(6-8-14)16-19-12(4)11(3)15(18)9-23-16/h10-15H,5-9,18H2,1-4H3,(H,20,21)/t11-,12+,13?,14?,15?/m0/s1. The summed E-state index contributed by atoms with van der Waals surface area (Å²) in [5.74, 6) is 1.92. The van der Waals surface area contributed by atoms with E-state index >= 15 is 0 Å². The van der Waals surface area contributed by atoms with Gasteiger partial charge in [0.2, 0.25) is 0 Å². The summed E-state index contributed by atoms with van der Waals surface area (Å²) < 4.78 is 5.16. The minimum atomic E-state index is -0.293. The molecule has 1 amide bonds. The summed E-state index contributed by atoms with van der Waals surface area (Å²) in [6.45, 7) is 8.10. The lowest BCUT2D eigenvalue weighted by Crippen LogP contribution is -2.39. The third kappa shape index (κ3) is 5.38. The summed E-state index contributed by atoms with van der Waals surface area (Å²) in [7, 11) is 0. The van der Waals surface area contributed by atoms with Crippen molar-refractivity contribution in [2.45, 2.75) is 77.6 Å². The van der Waals surface area contributed by atoms with Gasteiger partial charge in [-0.05, 0) is 52.4 Å². The Labute approximate surface area is 144 Å². The van der Waals surface area contributed by atoms with E-state index in [9.17, 15) is 4.79 Å². The fraction of sp³-hybridized carbons (Fsp3) is 0.882. The van der Waals surface area contributed by atoms with Crippen LogP contribution in [0.15, 0.2) is 4.99 Å². The average molecular weight is 342 g/mol. The molecule has 2 rings (SSSR count). The Hall–Kier alpha value is -0.750. The molecule has 0 saturated heterocycles. The topological polar surface area (TPSA) is 76.7 Å². The molecule has 23 heavy (non-hydrogen) atoms. The van der Waals surface area contributed by atoms with Crippen molar-refractivity contribution in [1.82, 2.24) is 5.32 Å². The molecule has 1 aliphatic carbocycles. The predicted octanol–water partition coefficient (Wildman–Crippen LogP) is 3.18. The van der Waals surface area contributed by atoms with Crippen molar-refractivity contribution in [2.24, 2.45) is 22.6 Å². The van der Waals surface area contributed by atoms with Crippen LogP contribution in [-0.4, -0.2) is 41.1 Å². The van der Waals surface area contributed by atoms with Crippen molar-refractivity contribution in [3.05, 3.63) is 0 Å². The molecule has 0 aromatic heterocycles. The summed E-state index contributed by atoms with van der Waals surface area (Å²) in [6.07, 6.45) is 3.78. The maximum absolute atomic E-state index is 11.7. The van der Waals surface area contributed by atoms with E-state index in [0.29, 0.717) is 17.9 Å². The van der Waals surface area contributed by atoms with Crippen LogP contribution < -0.4 is 11.1 Å². The van der Waals surface area contributed by atoms with Crippen molar-refractivity contribution >= 4 is 22.9 Å². The van der Waals surface area contributed by atoms with E-state index in [1.165, 1.54) is 5.04 Å². The number of alkyl carbamates (subject to hydrolysis) is 1. The molecule has 1 heterocycles. The van der Waals surface area contributed by atoms with Gasteiger partial charge in [0.25, 0.3) is 0 Å². The molecule has 0 spiro atoms. The van der Waals surface area contributed by atoms with Gasteiger partial charge in [-0.1, -0.05) is 6.92 Å². The SMILES string of the molecule is CC(C)OC(=O)NC1CCC(C2=N[C@H](C)[C@H](C)C(N)CS2)CC1. The summed E-state index contributed by atoms with van der Waals surface area (Å²) >= 11 is 1.84. The van der Waals surface area contributed by atoms with E-state index in [0.717, 1.165) is 31.4 Å². The van der Waals surface area contributed by atoms with Gasteiger partial charge in [0.1, 0.15) is 0 Å². The number of carbonyl (C=O) groups is 1. The van der Waals surface area contributed by atoms with Crippen LogP contribution in [0.4, 0.5) is 4.79 Å². The van der Waals surface area contributed by atoms with Crippen molar-refractivity contribution in [3.63, 3.8) is 0 Å². The van der Waals surface area contributed by atoms with Crippen molar-refractivity contribution in [3.8, 4) is 0 Å².